The molecule has 0 aromatic heterocycles. The second-order valence-corrected chi connectivity index (χ2v) is 8.69. The van der Waals surface area contributed by atoms with Crippen LogP contribution >= 0.6 is 11.6 Å². The Morgan fingerprint density at radius 1 is 1.23 bits per heavy atom. The molecule has 0 amide bonds. The number of nitrogens with one attached hydrogen (secondary N) is 1. The Labute approximate surface area is 183 Å². The molecule has 0 aliphatic heterocycles. The molecule has 4 nitrogen and oxygen atoms in total. The zero-order valence-corrected chi connectivity index (χ0v) is 18.8. The Morgan fingerprint density at radius 2 is 1.90 bits per heavy atom. The van der Waals surface area contributed by atoms with Gasteiger partial charge in [0.1, 0.15) is 11.5 Å². The molecule has 2 N–H and O–H groups in total. The summed E-state index contributed by atoms with van der Waals surface area (Å²) in [7, 11) is 0. The van der Waals surface area contributed by atoms with Crippen LogP contribution in [0.4, 0.5) is 4.39 Å². The minimum atomic E-state index is -0.861. The molecule has 2 atom stereocenters. The van der Waals surface area contributed by atoms with E-state index in [2.05, 4.69) is 5.32 Å². The zero-order chi connectivity index (χ0) is 22.3. The molecule has 30 heavy (non-hydrogen) atoms. The lowest BCUT2D eigenvalue weighted by atomic mass is 9.97. The lowest BCUT2D eigenvalue weighted by Gasteiger charge is -2.24. The molecule has 2 aromatic carbocycles. The molecule has 0 unspecified atom stereocenters. The number of ether oxygens (including phenoxy) is 1. The number of carbonyl (C=O) groups is 1. The fraction of sp³-hybridized carbons (Fsp3) is 0.458. The van der Waals surface area contributed by atoms with E-state index in [4.69, 9.17) is 16.3 Å². The first-order valence-electron chi connectivity index (χ1n) is 10.3. The molecule has 0 radical (unpaired) electrons. The summed E-state index contributed by atoms with van der Waals surface area (Å²) in [5.41, 5.74) is -0.413. The average molecular weight is 436 g/mol. The van der Waals surface area contributed by atoms with E-state index in [-0.39, 0.29) is 28.6 Å². The van der Waals surface area contributed by atoms with Gasteiger partial charge in [0.15, 0.2) is 11.6 Å². The van der Waals surface area contributed by atoms with E-state index in [1.807, 2.05) is 19.9 Å². The lowest BCUT2D eigenvalue weighted by Crippen LogP contribution is -2.33. The van der Waals surface area contributed by atoms with Crippen LogP contribution in [-0.2, 0) is 4.79 Å². The molecule has 0 aliphatic carbocycles. The van der Waals surface area contributed by atoms with Crippen LogP contribution in [0, 0.1) is 5.82 Å². The average Bonchev–Trinajstić information content (AvgIpc) is 2.68. The highest BCUT2D eigenvalue weighted by molar-refractivity contribution is 6.32. The third-order valence-electron chi connectivity index (χ3n) is 4.86. The van der Waals surface area contributed by atoms with Gasteiger partial charge in [-0.25, -0.2) is 4.39 Å². The normalized spacial score (nSPS) is 13.7. The lowest BCUT2D eigenvalue weighted by molar-refractivity contribution is -0.120. The minimum Gasteiger partial charge on any atom is -0.453 e. The maximum absolute atomic E-state index is 15.3. The molecule has 0 bridgehead atoms. The number of carbonyl (C=O) groups excluding carboxylic acids is 1. The van der Waals surface area contributed by atoms with Crippen LogP contribution in [0.5, 0.6) is 11.5 Å². The van der Waals surface area contributed by atoms with E-state index >= 15 is 4.39 Å². The highest BCUT2D eigenvalue weighted by Crippen LogP contribution is 2.36. The monoisotopic (exact) mass is 435 g/mol. The van der Waals surface area contributed by atoms with Crippen molar-refractivity contribution in [3.63, 3.8) is 0 Å². The minimum absolute atomic E-state index is 0.00507. The summed E-state index contributed by atoms with van der Waals surface area (Å²) in [5.74, 6) is 0.0552. The van der Waals surface area contributed by atoms with Crippen LogP contribution in [0.25, 0.3) is 0 Å². The summed E-state index contributed by atoms with van der Waals surface area (Å²) in [4.78, 5) is 12.2. The van der Waals surface area contributed by atoms with Gasteiger partial charge in [0.05, 0.1) is 10.6 Å². The number of para-hydroxylation sites is 1. The summed E-state index contributed by atoms with van der Waals surface area (Å²) >= 11 is 6.19. The smallest absolute Gasteiger partial charge is 0.181 e. The molecule has 0 spiro atoms. The molecule has 0 fully saturated rings. The van der Waals surface area contributed by atoms with E-state index in [0.29, 0.717) is 37.0 Å². The molecule has 6 heteroatoms. The summed E-state index contributed by atoms with van der Waals surface area (Å²) in [6.07, 6.45) is 1.68. The Morgan fingerprint density at radius 3 is 2.50 bits per heavy atom. The Hall–Kier alpha value is -1.95. The maximum atomic E-state index is 15.3. The third kappa shape index (κ3) is 7.38. The van der Waals surface area contributed by atoms with Crippen molar-refractivity contribution >= 4 is 17.4 Å². The second-order valence-electron chi connectivity index (χ2n) is 8.28. The molecule has 0 saturated carbocycles. The summed E-state index contributed by atoms with van der Waals surface area (Å²) in [6, 6.07) is 11.8. The first-order chi connectivity index (χ1) is 14.1. The van der Waals surface area contributed by atoms with Crippen LogP contribution in [0.1, 0.15) is 65.0 Å². The number of halogens is 2. The number of rotatable bonds is 11. The van der Waals surface area contributed by atoms with Gasteiger partial charge in [-0.3, -0.25) is 4.79 Å². The van der Waals surface area contributed by atoms with Crippen molar-refractivity contribution in [2.24, 2.45) is 0 Å². The van der Waals surface area contributed by atoms with Crippen molar-refractivity contribution < 1.29 is 19.0 Å². The first kappa shape index (κ1) is 24.3. The zero-order valence-electron chi connectivity index (χ0n) is 18.0. The summed E-state index contributed by atoms with van der Waals surface area (Å²) in [5, 5.41) is 13.3. The summed E-state index contributed by atoms with van der Waals surface area (Å²) < 4.78 is 21.0. The van der Waals surface area contributed by atoms with E-state index in [0.717, 1.165) is 0 Å². The molecule has 0 aliphatic rings. The summed E-state index contributed by atoms with van der Waals surface area (Å²) in [6.45, 7) is 7.23. The van der Waals surface area contributed by atoms with Crippen molar-refractivity contribution in [3.8, 4) is 11.5 Å². The first-order valence-corrected chi connectivity index (χ1v) is 10.7. The van der Waals surface area contributed by atoms with Crippen molar-refractivity contribution in [3.05, 3.63) is 58.9 Å². The van der Waals surface area contributed by atoms with E-state index in [9.17, 15) is 9.90 Å². The van der Waals surface area contributed by atoms with E-state index in [1.54, 1.807) is 50.2 Å². The van der Waals surface area contributed by atoms with Crippen molar-refractivity contribution in [1.82, 2.24) is 5.32 Å². The van der Waals surface area contributed by atoms with Crippen LogP contribution in [0.3, 0.4) is 0 Å². The van der Waals surface area contributed by atoms with Gasteiger partial charge in [0.25, 0.3) is 0 Å². The third-order valence-corrected chi connectivity index (χ3v) is 5.16. The number of ketones is 1. The molecular formula is C24H31ClFNO3. The van der Waals surface area contributed by atoms with Gasteiger partial charge in [-0.15, -0.1) is 0 Å². The highest BCUT2D eigenvalue weighted by Gasteiger charge is 2.23. The predicted octanol–water partition coefficient (Wildman–Crippen LogP) is 6.21. The maximum Gasteiger partial charge on any atom is 0.181 e. The molecule has 2 aromatic rings. The number of aliphatic hydroxyl groups is 1. The van der Waals surface area contributed by atoms with Gasteiger partial charge >= 0.3 is 0 Å². The van der Waals surface area contributed by atoms with Crippen molar-refractivity contribution in [2.75, 3.05) is 0 Å². The predicted molar refractivity (Wildman–Crippen MR) is 119 cm³/mol. The second kappa shape index (κ2) is 10.9. The number of hydrogen-bond donors (Lipinski definition) is 2. The van der Waals surface area contributed by atoms with Crippen molar-refractivity contribution in [1.29, 1.82) is 0 Å². The molecule has 0 heterocycles. The van der Waals surface area contributed by atoms with Gasteiger partial charge in [0.2, 0.25) is 0 Å². The fourth-order valence-corrected chi connectivity index (χ4v) is 3.42. The van der Waals surface area contributed by atoms with Gasteiger partial charge in [0, 0.05) is 30.5 Å². The standard InChI is InChI=1S/C24H31ClFNO3/c1-5-21(27-16(2)15-17(28)13-14-24(3,4)29)19-11-12-20(25)23(22(19)26)30-18-9-7-6-8-10-18/h6-12,16,21,27,29H,5,13-15H2,1-4H3/t16-,21-/m1/s1. The van der Waals surface area contributed by atoms with Crippen LogP contribution in [0.15, 0.2) is 42.5 Å². The van der Waals surface area contributed by atoms with Crippen molar-refractivity contribution in [2.45, 2.75) is 71.1 Å². The SMILES string of the molecule is CC[C@@H](N[C@H](C)CC(=O)CCC(C)(C)O)c1ccc(Cl)c(Oc2ccccc2)c1F. The quantitative estimate of drug-likeness (QED) is 0.440. The molecule has 164 valence electrons. The molecule has 0 saturated heterocycles. The van der Waals surface area contributed by atoms with Gasteiger partial charge in [-0.05, 0) is 51.8 Å². The molecule has 2 rings (SSSR count). The van der Waals surface area contributed by atoms with Crippen LogP contribution in [0.2, 0.25) is 5.02 Å². The van der Waals surface area contributed by atoms with Crippen LogP contribution < -0.4 is 10.1 Å². The van der Waals surface area contributed by atoms with E-state index < -0.39 is 11.4 Å². The Kier molecular flexibility index (Phi) is 8.83. The molecular weight excluding hydrogens is 405 g/mol. The fourth-order valence-electron chi connectivity index (χ4n) is 3.24. The Bertz CT molecular complexity index is 836. The highest BCUT2D eigenvalue weighted by atomic mass is 35.5. The number of benzene rings is 2. The van der Waals surface area contributed by atoms with Gasteiger partial charge in [-0.1, -0.05) is 42.8 Å². The van der Waals surface area contributed by atoms with Gasteiger partial charge in [-0.2, -0.15) is 0 Å². The van der Waals surface area contributed by atoms with Crippen LogP contribution in [-0.4, -0.2) is 22.5 Å². The van der Waals surface area contributed by atoms with Gasteiger partial charge < -0.3 is 15.2 Å². The number of hydrogen-bond acceptors (Lipinski definition) is 4. The number of Topliss-reactive ketones (excluding diaryl/α,β-unsaturated/α-hetero) is 1. The topological polar surface area (TPSA) is 58.6 Å². The Balaban J connectivity index is 2.10. The largest absolute Gasteiger partial charge is 0.453 e. The van der Waals surface area contributed by atoms with E-state index in [1.165, 1.54) is 0 Å².